The smallest absolute Gasteiger partial charge is 0.163 e. The van der Waals surface area contributed by atoms with E-state index in [1.54, 1.807) is 7.11 Å². The van der Waals surface area contributed by atoms with Crippen molar-refractivity contribution >= 4 is 5.69 Å². The normalized spacial score (nSPS) is 24.8. The van der Waals surface area contributed by atoms with Crippen molar-refractivity contribution in [1.29, 1.82) is 0 Å². The first-order chi connectivity index (χ1) is 9.71. The maximum atomic E-state index is 6.16. The summed E-state index contributed by atoms with van der Waals surface area (Å²) in [6, 6.07) is 5.53. The summed E-state index contributed by atoms with van der Waals surface area (Å²) in [5.41, 5.74) is 6.61. The molecule has 0 aromatic heterocycles. The predicted octanol–water partition coefficient (Wildman–Crippen LogP) is 3.15. The molecule has 1 saturated heterocycles. The number of methoxy groups -OCH3 is 1. The topological polar surface area (TPSA) is 53.7 Å². The molecule has 0 amide bonds. The first kappa shape index (κ1) is 13.6. The highest BCUT2D eigenvalue weighted by Crippen LogP contribution is 2.41. The van der Waals surface area contributed by atoms with E-state index >= 15 is 0 Å². The number of anilines is 1. The zero-order chi connectivity index (χ0) is 14.0. The number of ether oxygens (including phenoxy) is 3. The minimum absolute atomic E-state index is 0.0659. The fourth-order valence-electron chi connectivity index (χ4n) is 3.42. The van der Waals surface area contributed by atoms with Gasteiger partial charge in [0.05, 0.1) is 19.3 Å². The van der Waals surface area contributed by atoms with E-state index in [1.807, 2.05) is 18.2 Å². The molecule has 1 atom stereocenters. The highest BCUT2D eigenvalue weighted by molar-refractivity contribution is 5.52. The van der Waals surface area contributed by atoms with E-state index in [9.17, 15) is 0 Å². The maximum Gasteiger partial charge on any atom is 0.163 e. The second kappa shape index (κ2) is 5.52. The first-order valence-electron chi connectivity index (χ1n) is 7.45. The Balaban J connectivity index is 1.72. The van der Waals surface area contributed by atoms with Crippen LogP contribution in [0.1, 0.15) is 38.5 Å². The summed E-state index contributed by atoms with van der Waals surface area (Å²) < 4.78 is 17.5. The Labute approximate surface area is 120 Å². The van der Waals surface area contributed by atoms with Crippen molar-refractivity contribution in [2.24, 2.45) is 0 Å². The van der Waals surface area contributed by atoms with Gasteiger partial charge >= 0.3 is 0 Å². The van der Waals surface area contributed by atoms with E-state index in [0.29, 0.717) is 5.69 Å². The number of hydrogen-bond donors (Lipinski definition) is 1. The van der Waals surface area contributed by atoms with Gasteiger partial charge in [0, 0.05) is 24.6 Å². The van der Waals surface area contributed by atoms with Gasteiger partial charge in [-0.2, -0.15) is 0 Å². The van der Waals surface area contributed by atoms with Crippen LogP contribution in [0.3, 0.4) is 0 Å². The third-order valence-electron chi connectivity index (χ3n) is 4.44. The van der Waals surface area contributed by atoms with Gasteiger partial charge < -0.3 is 19.9 Å². The van der Waals surface area contributed by atoms with Gasteiger partial charge in [-0.15, -0.1) is 0 Å². The molecule has 4 heteroatoms. The summed E-state index contributed by atoms with van der Waals surface area (Å²) in [7, 11) is 1.65. The fourth-order valence-corrected chi connectivity index (χ4v) is 3.42. The quantitative estimate of drug-likeness (QED) is 0.862. The van der Waals surface area contributed by atoms with Gasteiger partial charge in [-0.05, 0) is 25.0 Å². The number of nitrogens with two attached hydrogens (primary N) is 1. The van der Waals surface area contributed by atoms with E-state index in [2.05, 4.69) is 0 Å². The molecule has 2 fully saturated rings. The van der Waals surface area contributed by atoms with Crippen LogP contribution in [0.15, 0.2) is 18.2 Å². The van der Waals surface area contributed by atoms with Gasteiger partial charge in [-0.1, -0.05) is 12.8 Å². The van der Waals surface area contributed by atoms with Gasteiger partial charge in [0.15, 0.2) is 11.5 Å². The Bertz CT molecular complexity index is 469. The molecule has 2 N–H and O–H groups in total. The van der Waals surface area contributed by atoms with Gasteiger partial charge in [-0.25, -0.2) is 0 Å². The second-order valence-electron chi connectivity index (χ2n) is 5.88. The molecule has 1 aliphatic heterocycles. The molecule has 1 saturated carbocycles. The molecule has 1 aromatic rings. The average Bonchev–Trinajstić information content (AvgIpc) is 2.87. The van der Waals surface area contributed by atoms with Crippen molar-refractivity contribution < 1.29 is 14.2 Å². The Hall–Kier alpha value is -1.42. The molecular weight excluding hydrogens is 254 g/mol. The van der Waals surface area contributed by atoms with Crippen molar-refractivity contribution in [3.8, 4) is 11.5 Å². The van der Waals surface area contributed by atoms with Crippen molar-refractivity contribution in [3.63, 3.8) is 0 Å². The standard InChI is InChI=1S/C16H23NO3/c1-18-14-5-4-12(17)10-15(14)20-13-6-9-19-16(11-13)7-2-3-8-16/h4-5,10,13H,2-3,6-9,11,17H2,1H3. The van der Waals surface area contributed by atoms with E-state index in [-0.39, 0.29) is 11.7 Å². The molecule has 110 valence electrons. The Kier molecular flexibility index (Phi) is 3.74. The Morgan fingerprint density at radius 2 is 2.05 bits per heavy atom. The number of hydrogen-bond acceptors (Lipinski definition) is 4. The van der Waals surface area contributed by atoms with Crippen LogP contribution in [0.5, 0.6) is 11.5 Å². The Morgan fingerprint density at radius 1 is 1.25 bits per heavy atom. The van der Waals surface area contributed by atoms with Gasteiger partial charge in [0.1, 0.15) is 6.10 Å². The molecule has 0 radical (unpaired) electrons. The lowest BCUT2D eigenvalue weighted by Crippen LogP contribution is -2.41. The third kappa shape index (κ3) is 2.70. The number of rotatable bonds is 3. The third-order valence-corrected chi connectivity index (χ3v) is 4.44. The predicted molar refractivity (Wildman–Crippen MR) is 78.2 cm³/mol. The van der Waals surface area contributed by atoms with Crippen LogP contribution in [0.2, 0.25) is 0 Å². The monoisotopic (exact) mass is 277 g/mol. The second-order valence-corrected chi connectivity index (χ2v) is 5.88. The van der Waals surface area contributed by atoms with Crippen molar-refractivity contribution in [1.82, 2.24) is 0 Å². The van der Waals surface area contributed by atoms with Gasteiger partial charge in [0.25, 0.3) is 0 Å². The molecule has 4 nitrogen and oxygen atoms in total. The largest absolute Gasteiger partial charge is 0.493 e. The van der Waals surface area contributed by atoms with Crippen LogP contribution in [0.4, 0.5) is 5.69 Å². The van der Waals surface area contributed by atoms with E-state index in [1.165, 1.54) is 25.7 Å². The molecular formula is C16H23NO3. The fraction of sp³-hybridized carbons (Fsp3) is 0.625. The van der Waals surface area contributed by atoms with Crippen LogP contribution in [-0.2, 0) is 4.74 Å². The van der Waals surface area contributed by atoms with E-state index in [4.69, 9.17) is 19.9 Å². The number of nitrogen functional groups attached to an aromatic ring is 1. The van der Waals surface area contributed by atoms with Crippen molar-refractivity contribution in [2.45, 2.75) is 50.2 Å². The zero-order valence-corrected chi connectivity index (χ0v) is 12.1. The lowest BCUT2D eigenvalue weighted by atomic mass is 9.90. The summed E-state index contributed by atoms with van der Waals surface area (Å²) >= 11 is 0. The lowest BCUT2D eigenvalue weighted by molar-refractivity contribution is -0.108. The molecule has 1 unspecified atom stereocenters. The maximum absolute atomic E-state index is 6.16. The van der Waals surface area contributed by atoms with E-state index in [0.717, 1.165) is 30.9 Å². The lowest BCUT2D eigenvalue weighted by Gasteiger charge is -2.38. The highest BCUT2D eigenvalue weighted by atomic mass is 16.5. The molecule has 3 rings (SSSR count). The summed E-state index contributed by atoms with van der Waals surface area (Å²) in [6.07, 6.45) is 6.98. The molecule has 1 aliphatic carbocycles. The minimum atomic E-state index is 0.0659. The van der Waals surface area contributed by atoms with Crippen LogP contribution >= 0.6 is 0 Å². The molecule has 1 aromatic carbocycles. The van der Waals surface area contributed by atoms with Crippen molar-refractivity contribution in [2.75, 3.05) is 19.5 Å². The Morgan fingerprint density at radius 3 is 2.80 bits per heavy atom. The summed E-state index contributed by atoms with van der Waals surface area (Å²) in [5, 5.41) is 0. The minimum Gasteiger partial charge on any atom is -0.493 e. The van der Waals surface area contributed by atoms with Gasteiger partial charge in [0.2, 0.25) is 0 Å². The molecule has 0 bridgehead atoms. The van der Waals surface area contributed by atoms with Crippen LogP contribution < -0.4 is 15.2 Å². The zero-order valence-electron chi connectivity index (χ0n) is 12.1. The average molecular weight is 277 g/mol. The number of benzene rings is 1. The SMILES string of the molecule is COc1ccc(N)cc1OC1CCOC2(CCCC2)C1. The summed E-state index contributed by atoms with van der Waals surface area (Å²) in [6.45, 7) is 0.787. The highest BCUT2D eigenvalue weighted by Gasteiger charge is 2.40. The van der Waals surface area contributed by atoms with Crippen LogP contribution in [-0.4, -0.2) is 25.4 Å². The van der Waals surface area contributed by atoms with Crippen LogP contribution in [0.25, 0.3) is 0 Å². The summed E-state index contributed by atoms with van der Waals surface area (Å²) in [4.78, 5) is 0. The molecule has 2 aliphatic rings. The first-order valence-corrected chi connectivity index (χ1v) is 7.45. The summed E-state index contributed by atoms with van der Waals surface area (Å²) in [5.74, 6) is 1.48. The van der Waals surface area contributed by atoms with Gasteiger partial charge in [-0.3, -0.25) is 0 Å². The van der Waals surface area contributed by atoms with E-state index < -0.39 is 0 Å². The molecule has 1 spiro atoms. The van der Waals surface area contributed by atoms with Crippen LogP contribution in [0, 0.1) is 0 Å². The molecule has 20 heavy (non-hydrogen) atoms. The van der Waals surface area contributed by atoms with Crippen molar-refractivity contribution in [3.05, 3.63) is 18.2 Å². The molecule has 1 heterocycles.